The highest BCUT2D eigenvalue weighted by Gasteiger charge is 2.24. The van der Waals surface area contributed by atoms with E-state index in [9.17, 15) is 10.1 Å². The molecule has 0 unspecified atom stereocenters. The van der Waals surface area contributed by atoms with E-state index in [1.54, 1.807) is 30.3 Å². The molecule has 0 aliphatic rings. The minimum absolute atomic E-state index is 0.0176. The fourth-order valence-corrected chi connectivity index (χ4v) is 2.84. The van der Waals surface area contributed by atoms with Gasteiger partial charge in [-0.3, -0.25) is 4.79 Å². The minimum atomic E-state index is -0.590. The van der Waals surface area contributed by atoms with Crippen LogP contribution < -0.4 is 18.9 Å². The Labute approximate surface area is 170 Å². The zero-order valence-electron chi connectivity index (χ0n) is 17.3. The fraction of sp³-hybridized carbons (Fsp3) is 0.273. The van der Waals surface area contributed by atoms with Crippen LogP contribution in [-0.2, 0) is 9.53 Å². The molecular weight excluding hydrogens is 374 g/mol. The van der Waals surface area contributed by atoms with Gasteiger partial charge in [0.15, 0.2) is 5.76 Å². The molecule has 0 aromatic heterocycles. The molecule has 0 N–H and O–H groups in total. The number of carbonyl (C=O) groups is 1. The molecule has 0 radical (unpaired) electrons. The second-order valence-corrected chi connectivity index (χ2v) is 6.06. The number of ether oxygens (including phenoxy) is 5. The number of carbonyl (C=O) groups excluding carboxylic acids is 1. The number of hydrogen-bond acceptors (Lipinski definition) is 7. The van der Waals surface area contributed by atoms with Gasteiger partial charge in [0.1, 0.15) is 40.2 Å². The highest BCUT2D eigenvalue weighted by Crippen LogP contribution is 2.41. The Morgan fingerprint density at radius 2 is 1.38 bits per heavy atom. The first-order chi connectivity index (χ1) is 13.9. The Kier molecular flexibility index (Phi) is 7.10. The third-order valence-electron chi connectivity index (χ3n) is 4.10. The number of hydrogen-bond donors (Lipinski definition) is 0. The van der Waals surface area contributed by atoms with Gasteiger partial charge in [-0.1, -0.05) is 0 Å². The van der Waals surface area contributed by atoms with E-state index in [0.717, 1.165) is 5.56 Å². The first-order valence-electron chi connectivity index (χ1n) is 8.67. The van der Waals surface area contributed by atoms with Gasteiger partial charge in [0, 0.05) is 18.6 Å². The molecule has 2 aromatic rings. The van der Waals surface area contributed by atoms with E-state index >= 15 is 0 Å². The summed E-state index contributed by atoms with van der Waals surface area (Å²) in [4.78, 5) is 11.9. The van der Waals surface area contributed by atoms with Crippen LogP contribution in [0.3, 0.4) is 0 Å². The molecule has 2 rings (SSSR count). The first-order valence-corrected chi connectivity index (χ1v) is 8.67. The largest absolute Gasteiger partial charge is 0.497 e. The normalized spacial score (nSPS) is 11.1. The topological polar surface area (TPSA) is 87.0 Å². The lowest BCUT2D eigenvalue weighted by Crippen LogP contribution is -2.06. The fourth-order valence-electron chi connectivity index (χ4n) is 2.84. The molecule has 2 aromatic carbocycles. The van der Waals surface area contributed by atoms with Crippen molar-refractivity contribution in [2.75, 3.05) is 28.4 Å². The number of esters is 1. The molecule has 0 amide bonds. The van der Waals surface area contributed by atoms with Crippen LogP contribution in [0, 0.1) is 18.3 Å². The zero-order chi connectivity index (χ0) is 21.6. The number of allylic oxidation sites excluding steroid dienone is 1. The minimum Gasteiger partial charge on any atom is -0.497 e. The Balaban J connectivity index is 2.92. The van der Waals surface area contributed by atoms with Crippen LogP contribution in [0.5, 0.6) is 23.0 Å². The SMILES string of the molecule is COc1cc(OC)cc(C(C#N)=C(OC(C)=O)c2c(OC)cc(C)cc2OC)c1. The molecule has 0 atom stereocenters. The standard InChI is InChI=1S/C22H23NO6/c1-13-7-19(27-5)21(20(8-13)28-6)22(29-14(2)24)18(12-23)15-9-16(25-3)11-17(10-15)26-4/h7-11H,1-6H3. The highest BCUT2D eigenvalue weighted by atomic mass is 16.5. The van der Waals surface area contributed by atoms with Crippen molar-refractivity contribution in [1.82, 2.24) is 0 Å². The monoisotopic (exact) mass is 397 g/mol. The van der Waals surface area contributed by atoms with Crippen LogP contribution in [0.2, 0.25) is 0 Å². The van der Waals surface area contributed by atoms with Crippen molar-refractivity contribution in [3.8, 4) is 29.1 Å². The molecule has 0 aliphatic heterocycles. The molecular formula is C22H23NO6. The quantitative estimate of drug-likeness (QED) is 0.302. The van der Waals surface area contributed by atoms with Gasteiger partial charge in [0.25, 0.3) is 0 Å². The number of benzene rings is 2. The van der Waals surface area contributed by atoms with Crippen LogP contribution in [0.25, 0.3) is 11.3 Å². The Morgan fingerprint density at radius 1 is 0.862 bits per heavy atom. The van der Waals surface area contributed by atoms with Gasteiger partial charge in [0.2, 0.25) is 0 Å². The lowest BCUT2D eigenvalue weighted by molar-refractivity contribution is -0.134. The van der Waals surface area contributed by atoms with Crippen LogP contribution in [0.1, 0.15) is 23.6 Å². The van der Waals surface area contributed by atoms with Crippen molar-refractivity contribution in [2.45, 2.75) is 13.8 Å². The van der Waals surface area contributed by atoms with Crippen LogP contribution in [0.4, 0.5) is 0 Å². The molecule has 0 spiro atoms. The molecule has 0 saturated heterocycles. The maximum Gasteiger partial charge on any atom is 0.308 e. The summed E-state index contributed by atoms with van der Waals surface area (Å²) in [5.74, 6) is 1.20. The Bertz CT molecular complexity index is 940. The number of nitriles is 1. The molecule has 0 heterocycles. The van der Waals surface area contributed by atoms with Crippen LogP contribution in [0.15, 0.2) is 30.3 Å². The molecule has 7 heteroatoms. The summed E-state index contributed by atoms with van der Waals surface area (Å²) < 4.78 is 27.1. The van der Waals surface area contributed by atoms with Gasteiger partial charge in [-0.25, -0.2) is 0 Å². The predicted octanol–water partition coefficient (Wildman–Crippen LogP) is 3.98. The third kappa shape index (κ3) is 4.79. The van der Waals surface area contributed by atoms with E-state index in [1.165, 1.54) is 35.4 Å². The van der Waals surface area contributed by atoms with Crippen molar-refractivity contribution in [3.63, 3.8) is 0 Å². The van der Waals surface area contributed by atoms with Crippen LogP contribution in [-0.4, -0.2) is 34.4 Å². The molecule has 152 valence electrons. The first kappa shape index (κ1) is 21.6. The molecule has 0 saturated carbocycles. The number of rotatable bonds is 7. The smallest absolute Gasteiger partial charge is 0.308 e. The van der Waals surface area contributed by atoms with Crippen molar-refractivity contribution in [2.24, 2.45) is 0 Å². The highest BCUT2D eigenvalue weighted by molar-refractivity contribution is 6.00. The van der Waals surface area contributed by atoms with E-state index in [1.807, 2.05) is 6.92 Å². The van der Waals surface area contributed by atoms with Gasteiger partial charge >= 0.3 is 5.97 Å². The number of nitrogens with zero attached hydrogens (tertiary/aromatic N) is 1. The molecule has 7 nitrogen and oxygen atoms in total. The van der Waals surface area contributed by atoms with Gasteiger partial charge in [-0.15, -0.1) is 0 Å². The third-order valence-corrected chi connectivity index (χ3v) is 4.10. The lowest BCUT2D eigenvalue weighted by atomic mass is 9.99. The van der Waals surface area contributed by atoms with Crippen molar-refractivity contribution >= 4 is 17.3 Å². The summed E-state index contributed by atoms with van der Waals surface area (Å²) in [7, 11) is 5.99. The van der Waals surface area contributed by atoms with Gasteiger partial charge in [-0.2, -0.15) is 5.26 Å². The number of aryl methyl sites for hydroxylation is 1. The summed E-state index contributed by atoms with van der Waals surface area (Å²) in [5, 5.41) is 9.97. The van der Waals surface area contributed by atoms with Crippen molar-refractivity contribution in [1.29, 1.82) is 5.26 Å². The van der Waals surface area contributed by atoms with E-state index in [4.69, 9.17) is 23.7 Å². The van der Waals surface area contributed by atoms with Crippen molar-refractivity contribution < 1.29 is 28.5 Å². The molecule has 0 fully saturated rings. The Hall–Kier alpha value is -3.66. The number of methoxy groups -OCH3 is 4. The predicted molar refractivity (Wildman–Crippen MR) is 108 cm³/mol. The summed E-state index contributed by atoms with van der Waals surface area (Å²) in [5.41, 5.74) is 1.78. The average Bonchev–Trinajstić information content (AvgIpc) is 2.72. The second kappa shape index (κ2) is 9.51. The maximum absolute atomic E-state index is 11.9. The summed E-state index contributed by atoms with van der Waals surface area (Å²) in [6, 6.07) is 10.6. The molecule has 0 aliphatic carbocycles. The molecule has 0 bridgehead atoms. The van der Waals surface area contributed by atoms with E-state index in [2.05, 4.69) is 6.07 Å². The summed E-state index contributed by atoms with van der Waals surface area (Å²) >= 11 is 0. The molecule has 29 heavy (non-hydrogen) atoms. The van der Waals surface area contributed by atoms with Crippen molar-refractivity contribution in [3.05, 3.63) is 47.0 Å². The summed E-state index contributed by atoms with van der Waals surface area (Å²) in [6.45, 7) is 3.14. The maximum atomic E-state index is 11.9. The van der Waals surface area contributed by atoms with E-state index in [0.29, 0.717) is 34.1 Å². The van der Waals surface area contributed by atoms with Gasteiger partial charge in [-0.05, 0) is 36.8 Å². The summed E-state index contributed by atoms with van der Waals surface area (Å²) in [6.07, 6.45) is 0. The van der Waals surface area contributed by atoms with Gasteiger partial charge < -0.3 is 23.7 Å². The average molecular weight is 397 g/mol. The van der Waals surface area contributed by atoms with E-state index in [-0.39, 0.29) is 11.3 Å². The van der Waals surface area contributed by atoms with Gasteiger partial charge in [0.05, 0.1) is 28.4 Å². The zero-order valence-corrected chi connectivity index (χ0v) is 17.3. The lowest BCUT2D eigenvalue weighted by Gasteiger charge is -2.18. The van der Waals surface area contributed by atoms with E-state index < -0.39 is 5.97 Å². The van der Waals surface area contributed by atoms with Crippen LogP contribution >= 0.6 is 0 Å². The second-order valence-electron chi connectivity index (χ2n) is 6.06. The Morgan fingerprint density at radius 3 is 1.76 bits per heavy atom.